The highest BCUT2D eigenvalue weighted by Gasteiger charge is 2.21. The molecule has 0 bridgehead atoms. The quantitative estimate of drug-likeness (QED) is 0.539. The third-order valence-corrected chi connectivity index (χ3v) is 7.20. The first-order chi connectivity index (χ1) is 15.9. The normalized spacial score (nSPS) is 14.6. The molecule has 3 aromatic rings. The lowest BCUT2D eigenvalue weighted by molar-refractivity contribution is 0.0928. The molecule has 174 valence electrons. The number of fused-ring (bicyclic) bond motifs is 1. The number of carbonyl (C=O) groups excluding carboxylic acids is 1. The number of anilines is 1. The summed E-state index contributed by atoms with van der Waals surface area (Å²) in [6, 6.07) is 11.6. The minimum Gasteiger partial charge on any atom is -0.497 e. The van der Waals surface area contributed by atoms with Crippen LogP contribution in [0.4, 0.5) is 5.69 Å². The van der Waals surface area contributed by atoms with Crippen molar-refractivity contribution < 1.29 is 22.7 Å². The average molecular weight is 470 g/mol. The second-order valence-corrected chi connectivity index (χ2v) is 9.71. The Morgan fingerprint density at radius 2 is 1.79 bits per heavy atom. The number of hydrogen-bond acceptors (Lipinski definition) is 6. The molecule has 2 aromatic carbocycles. The molecule has 1 heterocycles. The third-order valence-electron chi connectivity index (χ3n) is 5.80. The van der Waals surface area contributed by atoms with E-state index in [1.54, 1.807) is 30.3 Å². The molecule has 4 rings (SSSR count). The highest BCUT2D eigenvalue weighted by atomic mass is 32.2. The van der Waals surface area contributed by atoms with E-state index in [0.717, 1.165) is 25.7 Å². The summed E-state index contributed by atoms with van der Waals surface area (Å²) >= 11 is 0. The maximum atomic E-state index is 13.0. The van der Waals surface area contributed by atoms with Gasteiger partial charge in [-0.05, 0) is 49.2 Å². The fourth-order valence-corrected chi connectivity index (χ4v) is 5.27. The van der Waals surface area contributed by atoms with E-state index in [0.29, 0.717) is 22.2 Å². The van der Waals surface area contributed by atoms with Crippen LogP contribution in [0.2, 0.25) is 0 Å². The summed E-state index contributed by atoms with van der Waals surface area (Å²) in [5.74, 6) is 0.455. The van der Waals surface area contributed by atoms with E-state index in [1.807, 2.05) is 0 Å². The molecule has 8 nitrogen and oxygen atoms in total. The number of ether oxygens (including phenoxy) is 2. The van der Waals surface area contributed by atoms with Gasteiger partial charge in [-0.25, -0.2) is 8.42 Å². The first-order valence-corrected chi connectivity index (χ1v) is 12.3. The van der Waals surface area contributed by atoms with Gasteiger partial charge in [0.05, 0.1) is 31.6 Å². The van der Waals surface area contributed by atoms with E-state index < -0.39 is 10.0 Å². The maximum Gasteiger partial charge on any atom is 0.265 e. The Morgan fingerprint density at radius 3 is 2.52 bits per heavy atom. The zero-order valence-electron chi connectivity index (χ0n) is 18.6. The van der Waals surface area contributed by atoms with Crippen molar-refractivity contribution in [1.29, 1.82) is 0 Å². The van der Waals surface area contributed by atoms with Crippen molar-refractivity contribution in [3.8, 4) is 11.5 Å². The lowest BCUT2D eigenvalue weighted by Crippen LogP contribution is -2.36. The largest absolute Gasteiger partial charge is 0.497 e. The van der Waals surface area contributed by atoms with Crippen molar-refractivity contribution in [1.82, 2.24) is 10.3 Å². The molecule has 33 heavy (non-hydrogen) atoms. The van der Waals surface area contributed by atoms with Crippen LogP contribution in [-0.2, 0) is 10.0 Å². The summed E-state index contributed by atoms with van der Waals surface area (Å²) in [4.78, 5) is 17.0. The summed E-state index contributed by atoms with van der Waals surface area (Å²) in [6.07, 6.45) is 6.92. The number of sulfonamides is 1. The number of nitrogens with one attached hydrogen (secondary N) is 2. The SMILES string of the molecule is COc1ccc(OC)c(S(=O)(=O)Nc2cnc3ccc(C(=O)NC4CCCCC4)cc3c2)c1. The van der Waals surface area contributed by atoms with Gasteiger partial charge in [0.1, 0.15) is 16.4 Å². The first-order valence-electron chi connectivity index (χ1n) is 10.8. The van der Waals surface area contributed by atoms with Crippen LogP contribution in [0.15, 0.2) is 53.6 Å². The summed E-state index contributed by atoms with van der Waals surface area (Å²) in [7, 11) is -1.12. The van der Waals surface area contributed by atoms with E-state index in [-0.39, 0.29) is 28.3 Å². The maximum absolute atomic E-state index is 13.0. The van der Waals surface area contributed by atoms with Gasteiger partial charge in [-0.2, -0.15) is 0 Å². The summed E-state index contributed by atoms with van der Waals surface area (Å²) in [5, 5.41) is 3.76. The number of benzene rings is 2. The van der Waals surface area contributed by atoms with Crippen LogP contribution < -0.4 is 19.5 Å². The molecule has 1 saturated carbocycles. The van der Waals surface area contributed by atoms with Crippen molar-refractivity contribution in [2.24, 2.45) is 0 Å². The van der Waals surface area contributed by atoms with Crippen molar-refractivity contribution in [3.05, 3.63) is 54.2 Å². The van der Waals surface area contributed by atoms with Gasteiger partial charge in [0, 0.05) is 23.1 Å². The van der Waals surface area contributed by atoms with Gasteiger partial charge in [-0.3, -0.25) is 14.5 Å². The fraction of sp³-hybridized carbons (Fsp3) is 0.333. The summed E-state index contributed by atoms with van der Waals surface area (Å²) in [6.45, 7) is 0. The number of aromatic nitrogens is 1. The van der Waals surface area contributed by atoms with Gasteiger partial charge in [0.25, 0.3) is 15.9 Å². The van der Waals surface area contributed by atoms with Crippen LogP contribution in [-0.4, -0.2) is 39.6 Å². The highest BCUT2D eigenvalue weighted by molar-refractivity contribution is 7.92. The van der Waals surface area contributed by atoms with E-state index in [9.17, 15) is 13.2 Å². The van der Waals surface area contributed by atoms with Crippen molar-refractivity contribution in [3.63, 3.8) is 0 Å². The van der Waals surface area contributed by atoms with Crippen LogP contribution in [0.25, 0.3) is 10.9 Å². The van der Waals surface area contributed by atoms with Crippen molar-refractivity contribution in [2.75, 3.05) is 18.9 Å². The summed E-state index contributed by atoms with van der Waals surface area (Å²) < 4.78 is 39.0. The standard InChI is InChI=1S/C24H27N3O5S/c1-31-20-9-11-22(32-2)23(14-20)33(29,30)27-19-13-17-12-16(8-10-21(17)25-15-19)24(28)26-18-6-4-3-5-7-18/h8-15,18,27H,3-7H2,1-2H3,(H,26,28). The number of carbonyl (C=O) groups is 1. The number of rotatable bonds is 7. The molecule has 2 N–H and O–H groups in total. The summed E-state index contributed by atoms with van der Waals surface area (Å²) in [5.41, 5.74) is 1.45. The minimum absolute atomic E-state index is 0.0509. The minimum atomic E-state index is -3.98. The predicted octanol–water partition coefficient (Wildman–Crippen LogP) is 4.12. The average Bonchev–Trinajstić information content (AvgIpc) is 2.83. The topological polar surface area (TPSA) is 107 Å². The molecule has 0 aliphatic heterocycles. The number of amides is 1. The van der Waals surface area contributed by atoms with Gasteiger partial charge < -0.3 is 14.8 Å². The van der Waals surface area contributed by atoms with Crippen LogP contribution in [0, 0.1) is 0 Å². The molecule has 1 amide bonds. The molecule has 1 aliphatic rings. The third kappa shape index (κ3) is 5.19. The van der Waals surface area contributed by atoms with Crippen LogP contribution in [0.3, 0.4) is 0 Å². The monoisotopic (exact) mass is 469 g/mol. The molecule has 9 heteroatoms. The molecular weight excluding hydrogens is 442 g/mol. The lowest BCUT2D eigenvalue weighted by atomic mass is 9.95. The predicted molar refractivity (Wildman–Crippen MR) is 126 cm³/mol. The van der Waals surface area contributed by atoms with Crippen LogP contribution >= 0.6 is 0 Å². The number of pyridine rings is 1. The van der Waals surface area contributed by atoms with E-state index >= 15 is 0 Å². The Bertz CT molecular complexity index is 1270. The lowest BCUT2D eigenvalue weighted by Gasteiger charge is -2.22. The van der Waals surface area contributed by atoms with Crippen molar-refractivity contribution in [2.45, 2.75) is 43.0 Å². The highest BCUT2D eigenvalue weighted by Crippen LogP contribution is 2.30. The molecule has 0 unspecified atom stereocenters. The second kappa shape index (κ2) is 9.66. The van der Waals surface area contributed by atoms with Crippen LogP contribution in [0.1, 0.15) is 42.5 Å². The molecule has 0 saturated heterocycles. The Kier molecular flexibility index (Phi) is 6.69. The number of hydrogen-bond donors (Lipinski definition) is 2. The van der Waals surface area contributed by atoms with Crippen molar-refractivity contribution >= 4 is 32.5 Å². The van der Waals surface area contributed by atoms with E-state index in [1.165, 1.54) is 39.0 Å². The number of nitrogens with zero attached hydrogens (tertiary/aromatic N) is 1. The molecule has 1 aliphatic carbocycles. The zero-order valence-corrected chi connectivity index (χ0v) is 19.4. The van der Waals surface area contributed by atoms with Gasteiger partial charge in [0.15, 0.2) is 0 Å². The van der Waals surface area contributed by atoms with Gasteiger partial charge in [0.2, 0.25) is 0 Å². The Balaban J connectivity index is 1.59. The first kappa shape index (κ1) is 22.8. The van der Waals surface area contributed by atoms with Gasteiger partial charge in [-0.15, -0.1) is 0 Å². The molecular formula is C24H27N3O5S. The van der Waals surface area contributed by atoms with Gasteiger partial charge in [-0.1, -0.05) is 19.3 Å². The molecule has 0 radical (unpaired) electrons. The smallest absolute Gasteiger partial charge is 0.265 e. The second-order valence-electron chi connectivity index (χ2n) is 8.06. The fourth-order valence-electron chi connectivity index (χ4n) is 4.05. The Morgan fingerprint density at radius 1 is 1.00 bits per heavy atom. The van der Waals surface area contributed by atoms with Crippen LogP contribution in [0.5, 0.6) is 11.5 Å². The van der Waals surface area contributed by atoms with E-state index in [2.05, 4.69) is 15.0 Å². The van der Waals surface area contributed by atoms with E-state index in [4.69, 9.17) is 9.47 Å². The molecule has 0 spiro atoms. The number of methoxy groups -OCH3 is 2. The Labute approximate surface area is 193 Å². The Hall–Kier alpha value is -3.33. The molecule has 1 fully saturated rings. The zero-order chi connectivity index (χ0) is 23.4. The molecule has 1 aromatic heterocycles. The molecule has 0 atom stereocenters. The van der Waals surface area contributed by atoms with Gasteiger partial charge >= 0.3 is 0 Å².